The summed E-state index contributed by atoms with van der Waals surface area (Å²) >= 11 is 0. The first-order valence-electron chi connectivity index (χ1n) is 1.87. The standard InChI is InChI=1S/C3H8F2N2.ClH/c1-3(4,5)2-7-6;/h7H,2,6H2,1H3;1H. The Kier molecular flexibility index (Phi) is 5.47. The fourth-order valence-electron chi connectivity index (χ4n) is 0.179. The van der Waals surface area contributed by atoms with Crippen LogP contribution in [0, 0.1) is 0 Å². The van der Waals surface area contributed by atoms with E-state index in [-0.39, 0.29) is 12.4 Å². The van der Waals surface area contributed by atoms with Crippen LogP contribution < -0.4 is 11.3 Å². The van der Waals surface area contributed by atoms with Crippen LogP contribution in [0.3, 0.4) is 0 Å². The van der Waals surface area contributed by atoms with Gasteiger partial charge in [0.15, 0.2) is 0 Å². The van der Waals surface area contributed by atoms with Gasteiger partial charge in [-0.15, -0.1) is 12.4 Å². The topological polar surface area (TPSA) is 38.0 Å². The van der Waals surface area contributed by atoms with Crippen molar-refractivity contribution in [3.8, 4) is 0 Å². The normalized spacial score (nSPS) is 10.5. The van der Waals surface area contributed by atoms with E-state index in [4.69, 9.17) is 0 Å². The predicted octanol–water partition coefficient (Wildman–Crippen LogP) is 0.527. The van der Waals surface area contributed by atoms with Crippen LogP contribution in [0.25, 0.3) is 0 Å². The van der Waals surface area contributed by atoms with Crippen molar-refractivity contribution in [3.05, 3.63) is 0 Å². The molecule has 0 bridgehead atoms. The lowest BCUT2D eigenvalue weighted by atomic mass is 10.4. The van der Waals surface area contributed by atoms with Crippen LogP contribution in [-0.4, -0.2) is 12.5 Å². The third kappa shape index (κ3) is 9.42. The van der Waals surface area contributed by atoms with E-state index in [9.17, 15) is 8.78 Å². The molecule has 3 N–H and O–H groups in total. The highest BCUT2D eigenvalue weighted by molar-refractivity contribution is 5.85. The molecule has 0 radical (unpaired) electrons. The zero-order valence-corrected chi connectivity index (χ0v) is 5.27. The van der Waals surface area contributed by atoms with Gasteiger partial charge < -0.3 is 0 Å². The van der Waals surface area contributed by atoms with Crippen LogP contribution in [0.4, 0.5) is 8.78 Å². The zero-order chi connectivity index (χ0) is 5.91. The highest BCUT2D eigenvalue weighted by Crippen LogP contribution is 2.07. The van der Waals surface area contributed by atoms with Gasteiger partial charge in [-0.25, -0.2) is 8.78 Å². The second-order valence-electron chi connectivity index (χ2n) is 1.45. The molecule has 0 amide bonds. The fraction of sp³-hybridized carbons (Fsp3) is 1.00. The van der Waals surface area contributed by atoms with Gasteiger partial charge >= 0.3 is 0 Å². The first kappa shape index (κ1) is 10.9. The minimum atomic E-state index is -2.69. The second kappa shape index (κ2) is 4.00. The lowest BCUT2D eigenvalue weighted by Gasteiger charge is -2.06. The zero-order valence-electron chi connectivity index (χ0n) is 4.45. The number of halogens is 3. The molecule has 8 heavy (non-hydrogen) atoms. The van der Waals surface area contributed by atoms with Crippen molar-refractivity contribution in [1.29, 1.82) is 0 Å². The number of alkyl halides is 2. The molecule has 0 aliphatic rings. The van der Waals surface area contributed by atoms with Crippen LogP contribution >= 0.6 is 12.4 Å². The van der Waals surface area contributed by atoms with Crippen molar-refractivity contribution in [3.63, 3.8) is 0 Å². The van der Waals surface area contributed by atoms with Gasteiger partial charge in [-0.1, -0.05) is 0 Å². The molecule has 0 aromatic carbocycles. The largest absolute Gasteiger partial charge is 0.271 e. The Hall–Kier alpha value is 0.0700. The highest BCUT2D eigenvalue weighted by Gasteiger charge is 2.18. The van der Waals surface area contributed by atoms with Gasteiger partial charge in [-0.3, -0.25) is 11.3 Å². The van der Waals surface area contributed by atoms with Gasteiger partial charge in [0, 0.05) is 6.92 Å². The summed E-state index contributed by atoms with van der Waals surface area (Å²) in [5.41, 5.74) is 1.86. The molecule has 0 heterocycles. The molecule has 0 fully saturated rings. The molecule has 0 atom stereocenters. The Morgan fingerprint density at radius 3 is 2.00 bits per heavy atom. The molecule has 52 valence electrons. The number of hydrogen-bond acceptors (Lipinski definition) is 2. The summed E-state index contributed by atoms with van der Waals surface area (Å²) in [6, 6.07) is 0. The van der Waals surface area contributed by atoms with Crippen molar-refractivity contribution >= 4 is 12.4 Å². The Balaban J connectivity index is 0. The van der Waals surface area contributed by atoms with Gasteiger partial charge in [0.25, 0.3) is 5.92 Å². The first-order chi connectivity index (χ1) is 3.06. The molecule has 0 saturated heterocycles. The molecule has 0 saturated carbocycles. The van der Waals surface area contributed by atoms with Crippen LogP contribution in [0.5, 0.6) is 0 Å². The van der Waals surface area contributed by atoms with Crippen molar-refractivity contribution < 1.29 is 8.78 Å². The molecular weight excluding hydrogens is 137 g/mol. The average molecular weight is 147 g/mol. The van der Waals surface area contributed by atoms with Crippen molar-refractivity contribution in [2.45, 2.75) is 12.8 Å². The fourth-order valence-corrected chi connectivity index (χ4v) is 0.179. The van der Waals surface area contributed by atoms with Crippen LogP contribution in [-0.2, 0) is 0 Å². The molecule has 5 heteroatoms. The quantitative estimate of drug-likeness (QED) is 0.441. The number of nitrogens with two attached hydrogens (primary N) is 1. The molecule has 0 aliphatic heterocycles. The minimum absolute atomic E-state index is 0. The lowest BCUT2D eigenvalue weighted by Crippen LogP contribution is -2.34. The van der Waals surface area contributed by atoms with E-state index < -0.39 is 12.5 Å². The third-order valence-corrected chi connectivity index (χ3v) is 0.412. The summed E-state index contributed by atoms with van der Waals surface area (Å²) < 4.78 is 23.2. The van der Waals surface area contributed by atoms with Crippen molar-refractivity contribution in [2.75, 3.05) is 6.54 Å². The summed E-state index contributed by atoms with van der Waals surface area (Å²) in [4.78, 5) is 0. The van der Waals surface area contributed by atoms with Crippen LogP contribution in [0.15, 0.2) is 0 Å². The average Bonchev–Trinajstić information content (AvgIpc) is 1.30. The van der Waals surface area contributed by atoms with Gasteiger partial charge in [0.1, 0.15) is 0 Å². The second-order valence-corrected chi connectivity index (χ2v) is 1.45. The smallest absolute Gasteiger partial charge is 0.258 e. The maximum Gasteiger partial charge on any atom is 0.258 e. The number of hydrazine groups is 1. The van der Waals surface area contributed by atoms with Gasteiger partial charge in [-0.2, -0.15) is 0 Å². The number of rotatable bonds is 2. The highest BCUT2D eigenvalue weighted by atomic mass is 35.5. The van der Waals surface area contributed by atoms with Crippen molar-refractivity contribution in [2.24, 2.45) is 5.84 Å². The van der Waals surface area contributed by atoms with Crippen LogP contribution in [0.2, 0.25) is 0 Å². The summed E-state index contributed by atoms with van der Waals surface area (Å²) in [5.74, 6) is 1.90. The summed E-state index contributed by atoms with van der Waals surface area (Å²) in [7, 11) is 0. The van der Waals surface area contributed by atoms with Gasteiger partial charge in [-0.05, 0) is 0 Å². The third-order valence-electron chi connectivity index (χ3n) is 0.412. The monoisotopic (exact) mass is 146 g/mol. The molecule has 0 aromatic rings. The number of hydrogen-bond donors (Lipinski definition) is 2. The maximum absolute atomic E-state index is 11.6. The summed E-state index contributed by atoms with van der Waals surface area (Å²) in [6.07, 6.45) is 0. The molecule has 0 rings (SSSR count). The van der Waals surface area contributed by atoms with E-state index in [1.807, 2.05) is 5.43 Å². The Morgan fingerprint density at radius 2 is 2.00 bits per heavy atom. The Morgan fingerprint density at radius 1 is 1.62 bits per heavy atom. The van der Waals surface area contributed by atoms with E-state index in [2.05, 4.69) is 5.84 Å². The van der Waals surface area contributed by atoms with E-state index in [1.165, 1.54) is 0 Å². The molecule has 0 unspecified atom stereocenters. The van der Waals surface area contributed by atoms with Gasteiger partial charge in [0.05, 0.1) is 6.54 Å². The lowest BCUT2D eigenvalue weighted by molar-refractivity contribution is 0.0229. The summed E-state index contributed by atoms with van der Waals surface area (Å²) in [5, 5.41) is 0. The molecule has 2 nitrogen and oxygen atoms in total. The summed E-state index contributed by atoms with van der Waals surface area (Å²) in [6.45, 7) is 0.333. The Bertz CT molecular complexity index is 53.7. The van der Waals surface area contributed by atoms with E-state index in [0.29, 0.717) is 0 Å². The minimum Gasteiger partial charge on any atom is -0.271 e. The van der Waals surface area contributed by atoms with E-state index in [0.717, 1.165) is 6.92 Å². The van der Waals surface area contributed by atoms with E-state index >= 15 is 0 Å². The number of nitrogens with one attached hydrogen (secondary N) is 1. The SMILES string of the molecule is CC(F)(F)CNN.Cl. The first-order valence-corrected chi connectivity index (χ1v) is 1.87. The maximum atomic E-state index is 11.6. The molecule has 0 spiro atoms. The Labute approximate surface area is 52.8 Å². The molecule has 0 aromatic heterocycles. The molecule has 0 aliphatic carbocycles. The molecular formula is C3H9ClF2N2. The van der Waals surface area contributed by atoms with Gasteiger partial charge in [0.2, 0.25) is 0 Å². The van der Waals surface area contributed by atoms with Crippen molar-refractivity contribution in [1.82, 2.24) is 5.43 Å². The van der Waals surface area contributed by atoms with Crippen LogP contribution in [0.1, 0.15) is 6.92 Å². The van der Waals surface area contributed by atoms with E-state index in [1.54, 1.807) is 0 Å². The predicted molar refractivity (Wildman–Crippen MR) is 30.1 cm³/mol.